The molecular weight excluding hydrogens is 467 g/mol. The lowest BCUT2D eigenvalue weighted by atomic mass is 9.89. The first kappa shape index (κ1) is 22.5. The van der Waals surface area contributed by atoms with Gasteiger partial charge in [-0.05, 0) is 24.6 Å². The van der Waals surface area contributed by atoms with Gasteiger partial charge in [0.2, 0.25) is 0 Å². The molecule has 0 amide bonds. The predicted octanol–water partition coefficient (Wildman–Crippen LogP) is 4.06. The summed E-state index contributed by atoms with van der Waals surface area (Å²) in [6.07, 6.45) is -0.327. The second-order valence-electron chi connectivity index (χ2n) is 7.28. The number of halogens is 3. The molecule has 1 aliphatic heterocycles. The predicted molar refractivity (Wildman–Crippen MR) is 113 cm³/mol. The molecule has 2 aromatic carbocycles. The molecule has 4 rings (SSSR count). The number of hydrogen-bond donors (Lipinski definition) is 2. The lowest BCUT2D eigenvalue weighted by Gasteiger charge is -2.30. The summed E-state index contributed by atoms with van der Waals surface area (Å²) in [7, 11) is -5.57. The summed E-state index contributed by atoms with van der Waals surface area (Å²) in [4.78, 5) is 0. The van der Waals surface area contributed by atoms with Crippen LogP contribution in [0.1, 0.15) is 21.7 Å². The van der Waals surface area contributed by atoms with E-state index in [0.717, 1.165) is 10.0 Å². The third kappa shape index (κ3) is 4.43. The third-order valence-corrected chi connectivity index (χ3v) is 6.98. The fourth-order valence-corrected chi connectivity index (χ4v) is 4.84. The fraction of sp³-hybridized carbons (Fsp3) is 0.300. The van der Waals surface area contributed by atoms with E-state index in [4.69, 9.17) is 4.74 Å². The average molecular weight is 486 g/mol. The summed E-state index contributed by atoms with van der Waals surface area (Å²) < 4.78 is 69.0. The van der Waals surface area contributed by atoms with Crippen molar-refractivity contribution in [2.24, 2.45) is 5.92 Å². The van der Waals surface area contributed by atoms with Crippen LogP contribution >= 0.6 is 11.3 Å². The van der Waals surface area contributed by atoms with Gasteiger partial charge in [0, 0.05) is 23.5 Å². The first-order valence-corrected chi connectivity index (χ1v) is 11.8. The van der Waals surface area contributed by atoms with Crippen molar-refractivity contribution in [1.29, 1.82) is 0 Å². The number of ether oxygens (including phenoxy) is 1. The molecule has 1 aromatic heterocycles. The normalized spacial score (nSPS) is 18.7. The van der Waals surface area contributed by atoms with Crippen LogP contribution in [0.5, 0.6) is 5.75 Å². The summed E-state index contributed by atoms with van der Waals surface area (Å²) >= 11 is 1.45. The van der Waals surface area contributed by atoms with E-state index in [1.165, 1.54) is 29.5 Å². The minimum Gasteiger partial charge on any atom is -0.493 e. The zero-order valence-electron chi connectivity index (χ0n) is 16.6. The minimum atomic E-state index is -5.57. The van der Waals surface area contributed by atoms with Crippen LogP contribution in [0.15, 0.2) is 42.5 Å². The maximum Gasteiger partial charge on any atom is 0.516 e. The quantitative estimate of drug-likeness (QED) is 0.565. The van der Waals surface area contributed by atoms with Gasteiger partial charge in [0.1, 0.15) is 15.8 Å². The number of anilines is 1. The van der Waals surface area contributed by atoms with E-state index in [-0.39, 0.29) is 23.8 Å². The molecule has 32 heavy (non-hydrogen) atoms. The van der Waals surface area contributed by atoms with Crippen molar-refractivity contribution >= 4 is 27.0 Å². The number of alkyl halides is 3. The number of para-hydroxylation sites is 1. The van der Waals surface area contributed by atoms with Crippen molar-refractivity contribution in [3.8, 4) is 16.9 Å². The number of rotatable bonds is 5. The van der Waals surface area contributed by atoms with Crippen LogP contribution in [0.3, 0.4) is 0 Å². The SMILES string of the molecule is Cc1nnc(C[C@H]2COc3cc(-c4ccccc4NS(=O)(=O)C(F)(F)F)ccc3[C@@H]2O)s1. The fourth-order valence-electron chi connectivity index (χ4n) is 3.45. The van der Waals surface area contributed by atoms with Crippen molar-refractivity contribution in [1.82, 2.24) is 10.2 Å². The number of aliphatic hydroxyl groups excluding tert-OH is 1. The number of aromatic nitrogens is 2. The van der Waals surface area contributed by atoms with Crippen LogP contribution < -0.4 is 9.46 Å². The first-order valence-electron chi connectivity index (χ1n) is 9.47. The van der Waals surface area contributed by atoms with Gasteiger partial charge in [0.25, 0.3) is 0 Å². The summed E-state index contributed by atoms with van der Waals surface area (Å²) in [6.45, 7) is 2.07. The maximum atomic E-state index is 12.8. The molecule has 0 spiro atoms. The van der Waals surface area contributed by atoms with E-state index in [0.29, 0.717) is 23.3 Å². The van der Waals surface area contributed by atoms with E-state index in [9.17, 15) is 26.7 Å². The highest BCUT2D eigenvalue weighted by atomic mass is 32.2. The highest BCUT2D eigenvalue weighted by molar-refractivity contribution is 7.93. The highest BCUT2D eigenvalue weighted by Gasteiger charge is 2.46. The monoisotopic (exact) mass is 485 g/mol. The Morgan fingerprint density at radius 3 is 2.66 bits per heavy atom. The van der Waals surface area contributed by atoms with E-state index in [2.05, 4.69) is 10.2 Å². The van der Waals surface area contributed by atoms with Crippen molar-refractivity contribution in [2.75, 3.05) is 11.3 Å². The summed E-state index contributed by atoms with van der Waals surface area (Å²) in [6, 6.07) is 10.5. The average Bonchev–Trinajstić information content (AvgIpc) is 3.14. The number of sulfonamides is 1. The molecule has 0 saturated heterocycles. The molecule has 7 nitrogen and oxygen atoms in total. The molecular formula is C20H18F3N3O4S2. The number of aryl methyl sites for hydroxylation is 1. The Hall–Kier alpha value is -2.70. The van der Waals surface area contributed by atoms with Crippen LogP contribution in [-0.4, -0.2) is 35.8 Å². The van der Waals surface area contributed by atoms with Crippen LogP contribution in [0.4, 0.5) is 18.9 Å². The molecule has 1 aliphatic rings. The number of aliphatic hydroxyl groups is 1. The maximum absolute atomic E-state index is 12.8. The summed E-state index contributed by atoms with van der Waals surface area (Å²) in [5, 5.41) is 20.5. The standard InChI is InChI=1S/C20H18F3N3O4S2/c1-11-24-25-18(31-11)9-13-10-30-17-8-12(6-7-15(17)19(13)27)14-4-2-3-5-16(14)26-32(28,29)20(21,22)23/h2-8,13,19,26-27H,9-10H2,1H3/t13-,19+/m0/s1. The molecule has 0 bridgehead atoms. The smallest absolute Gasteiger partial charge is 0.493 e. The van der Waals surface area contributed by atoms with Crippen molar-refractivity contribution < 1.29 is 31.4 Å². The van der Waals surface area contributed by atoms with Gasteiger partial charge in [-0.1, -0.05) is 30.3 Å². The Bertz CT molecular complexity index is 1240. The largest absolute Gasteiger partial charge is 0.516 e. The van der Waals surface area contributed by atoms with Gasteiger partial charge in [-0.3, -0.25) is 4.72 Å². The Morgan fingerprint density at radius 2 is 1.97 bits per heavy atom. The first-order chi connectivity index (χ1) is 15.0. The molecule has 170 valence electrons. The molecule has 0 aliphatic carbocycles. The molecule has 0 saturated carbocycles. The zero-order chi connectivity index (χ0) is 23.1. The number of nitrogens with zero attached hydrogens (tertiary/aromatic N) is 2. The number of fused-ring (bicyclic) bond motifs is 1. The van der Waals surface area contributed by atoms with Crippen LogP contribution in [0.2, 0.25) is 0 Å². The number of benzene rings is 2. The van der Waals surface area contributed by atoms with E-state index in [1.807, 2.05) is 6.92 Å². The van der Waals surface area contributed by atoms with Crippen molar-refractivity contribution in [2.45, 2.75) is 25.0 Å². The second kappa shape index (κ2) is 8.34. The minimum absolute atomic E-state index is 0.217. The van der Waals surface area contributed by atoms with Gasteiger partial charge in [-0.2, -0.15) is 21.6 Å². The van der Waals surface area contributed by atoms with Crippen LogP contribution in [-0.2, 0) is 16.4 Å². The van der Waals surface area contributed by atoms with E-state index >= 15 is 0 Å². The topological polar surface area (TPSA) is 101 Å². The summed E-state index contributed by atoms with van der Waals surface area (Å²) in [5.41, 5.74) is -4.43. The Balaban J connectivity index is 1.61. The van der Waals surface area contributed by atoms with Gasteiger partial charge >= 0.3 is 15.5 Å². The Labute approximate surface area is 185 Å². The van der Waals surface area contributed by atoms with Gasteiger partial charge < -0.3 is 9.84 Å². The molecule has 2 N–H and O–H groups in total. The van der Waals surface area contributed by atoms with Crippen LogP contribution in [0, 0.1) is 12.8 Å². The van der Waals surface area contributed by atoms with Gasteiger partial charge in [0.05, 0.1) is 18.4 Å². The summed E-state index contributed by atoms with van der Waals surface area (Å²) in [5.74, 6) is 0.153. The molecule has 0 unspecified atom stereocenters. The lowest BCUT2D eigenvalue weighted by molar-refractivity contribution is -0.0429. The van der Waals surface area contributed by atoms with E-state index in [1.54, 1.807) is 29.0 Å². The third-order valence-electron chi connectivity index (χ3n) is 5.02. The lowest BCUT2D eigenvalue weighted by Crippen LogP contribution is -2.30. The number of nitrogens with one attached hydrogen (secondary N) is 1. The molecule has 12 heteroatoms. The molecule has 3 aromatic rings. The van der Waals surface area contributed by atoms with Gasteiger partial charge in [-0.15, -0.1) is 21.5 Å². The Kier molecular flexibility index (Phi) is 5.86. The van der Waals surface area contributed by atoms with Crippen molar-refractivity contribution in [3.63, 3.8) is 0 Å². The molecule has 0 fully saturated rings. The van der Waals surface area contributed by atoms with E-state index < -0.39 is 21.6 Å². The molecule has 0 radical (unpaired) electrons. The highest BCUT2D eigenvalue weighted by Crippen LogP contribution is 2.41. The number of hydrogen-bond acceptors (Lipinski definition) is 7. The van der Waals surface area contributed by atoms with Crippen LogP contribution in [0.25, 0.3) is 11.1 Å². The van der Waals surface area contributed by atoms with Gasteiger partial charge in [-0.25, -0.2) is 0 Å². The second-order valence-corrected chi connectivity index (χ2v) is 10.2. The zero-order valence-corrected chi connectivity index (χ0v) is 18.3. The van der Waals surface area contributed by atoms with Gasteiger partial charge in [0.15, 0.2) is 0 Å². The van der Waals surface area contributed by atoms with Crippen molar-refractivity contribution in [3.05, 3.63) is 58.0 Å². The molecule has 2 heterocycles. The molecule has 2 atom stereocenters. The Morgan fingerprint density at radius 1 is 1.22 bits per heavy atom.